The van der Waals surface area contributed by atoms with Crippen LogP contribution >= 0.6 is 0 Å². The highest BCUT2D eigenvalue weighted by Crippen LogP contribution is 2.60. The second-order valence-electron chi connectivity index (χ2n) is 11.2. The smallest absolute Gasteiger partial charge is 0.0689 e. The van der Waals surface area contributed by atoms with E-state index in [1.54, 1.807) is 0 Å². The number of nitrogens with zero attached hydrogens (tertiary/aromatic N) is 1. The summed E-state index contributed by atoms with van der Waals surface area (Å²) in [5.74, 6) is 5.50. The molecule has 0 bridgehead atoms. The van der Waals surface area contributed by atoms with Gasteiger partial charge in [-0.1, -0.05) is 39.5 Å². The summed E-state index contributed by atoms with van der Waals surface area (Å²) >= 11 is 0. The lowest BCUT2D eigenvalue weighted by Gasteiger charge is -2.57. The predicted octanol–water partition coefficient (Wildman–Crippen LogP) is 7.52. The van der Waals surface area contributed by atoms with Gasteiger partial charge in [-0.15, -0.1) is 0 Å². The van der Waals surface area contributed by atoms with Crippen LogP contribution in [0.4, 0.5) is 0 Å². The van der Waals surface area contributed by atoms with E-state index in [1.165, 1.54) is 83.5 Å². The largest absolute Gasteiger partial charge is 0.378 e. The molecule has 2 nitrogen and oxygen atoms in total. The molecule has 0 saturated heterocycles. The summed E-state index contributed by atoms with van der Waals surface area (Å²) in [6.45, 7) is 5.47. The molecule has 0 aromatic heterocycles. The normalized spacial score (nSPS) is 44.2. The second kappa shape index (κ2) is 9.72. The molecule has 4 rings (SSSR count). The van der Waals surface area contributed by atoms with E-state index < -0.39 is 0 Å². The molecule has 4 fully saturated rings. The van der Waals surface area contributed by atoms with Crippen LogP contribution < -0.4 is 0 Å². The molecule has 0 aromatic carbocycles. The molecule has 0 N–H and O–H groups in total. The van der Waals surface area contributed by atoms with Crippen LogP contribution in [0, 0.1) is 52.3 Å². The van der Waals surface area contributed by atoms with Gasteiger partial charge < -0.3 is 4.74 Å². The van der Waals surface area contributed by atoms with Crippen molar-refractivity contribution in [3.63, 3.8) is 0 Å². The second-order valence-corrected chi connectivity index (χ2v) is 11.2. The average molecular weight is 400 g/mol. The third-order valence-corrected chi connectivity index (χ3v) is 9.65. The van der Waals surface area contributed by atoms with Gasteiger partial charge in [0.05, 0.1) is 17.6 Å². The zero-order chi connectivity index (χ0) is 20.3. The third kappa shape index (κ3) is 4.42. The molecule has 4 aliphatic rings. The summed E-state index contributed by atoms with van der Waals surface area (Å²) in [6.07, 6.45) is 20.4. The molecule has 29 heavy (non-hydrogen) atoms. The van der Waals surface area contributed by atoms with Crippen LogP contribution in [0.5, 0.6) is 0 Å². The van der Waals surface area contributed by atoms with E-state index in [9.17, 15) is 5.26 Å². The number of nitriles is 1. The Morgan fingerprint density at radius 1 is 0.828 bits per heavy atom. The van der Waals surface area contributed by atoms with Crippen LogP contribution in [-0.4, -0.2) is 12.7 Å². The lowest BCUT2D eigenvalue weighted by molar-refractivity contribution is -0.109. The van der Waals surface area contributed by atoms with Gasteiger partial charge in [-0.05, 0) is 106 Å². The minimum atomic E-state index is 0.0182. The molecule has 0 heterocycles. The molecule has 8 atom stereocenters. The van der Waals surface area contributed by atoms with Crippen molar-refractivity contribution in [2.24, 2.45) is 40.9 Å². The minimum Gasteiger partial charge on any atom is -0.378 e. The van der Waals surface area contributed by atoms with E-state index in [1.807, 2.05) is 0 Å². The first-order valence-electron chi connectivity index (χ1n) is 13.2. The number of unbranched alkanes of at least 4 members (excludes halogenated alkanes) is 2. The molecular weight excluding hydrogens is 354 g/mol. The minimum absolute atomic E-state index is 0.0182. The van der Waals surface area contributed by atoms with E-state index in [4.69, 9.17) is 4.74 Å². The summed E-state index contributed by atoms with van der Waals surface area (Å²) in [5, 5.41) is 10.1. The van der Waals surface area contributed by atoms with E-state index in [-0.39, 0.29) is 5.41 Å². The van der Waals surface area contributed by atoms with Gasteiger partial charge in [-0.25, -0.2) is 0 Å². The first kappa shape index (κ1) is 21.7. The van der Waals surface area contributed by atoms with Crippen LogP contribution in [0.25, 0.3) is 0 Å². The Morgan fingerprint density at radius 2 is 1.59 bits per heavy atom. The summed E-state index contributed by atoms with van der Waals surface area (Å²) in [7, 11) is 0. The fourth-order valence-corrected chi connectivity index (χ4v) is 8.36. The van der Waals surface area contributed by atoms with Crippen molar-refractivity contribution >= 4 is 0 Å². The summed E-state index contributed by atoms with van der Waals surface area (Å²) < 4.78 is 6.34. The van der Waals surface area contributed by atoms with Gasteiger partial charge in [0.15, 0.2) is 0 Å². The van der Waals surface area contributed by atoms with Crippen molar-refractivity contribution in [3.05, 3.63) is 0 Å². The molecule has 0 aliphatic heterocycles. The summed E-state index contributed by atoms with van der Waals surface area (Å²) in [6, 6.07) is 2.84. The van der Waals surface area contributed by atoms with Crippen molar-refractivity contribution in [3.8, 4) is 6.07 Å². The monoisotopic (exact) mass is 399 g/mol. The van der Waals surface area contributed by atoms with Crippen LogP contribution in [0.3, 0.4) is 0 Å². The summed E-state index contributed by atoms with van der Waals surface area (Å²) in [5.41, 5.74) is 0.0182. The Morgan fingerprint density at radius 3 is 2.38 bits per heavy atom. The number of fused-ring (bicyclic) bond motifs is 5. The predicted molar refractivity (Wildman–Crippen MR) is 119 cm³/mol. The Labute approximate surface area is 180 Å². The lowest BCUT2D eigenvalue weighted by atomic mass is 9.49. The maximum atomic E-state index is 10.1. The molecule has 0 radical (unpaired) electrons. The molecule has 4 saturated carbocycles. The highest BCUT2D eigenvalue weighted by atomic mass is 16.5. The average Bonchev–Trinajstić information content (AvgIpc) is 2.77. The van der Waals surface area contributed by atoms with Gasteiger partial charge in [-0.3, -0.25) is 0 Å². The fraction of sp³-hybridized carbons (Fsp3) is 0.963. The molecule has 0 amide bonds. The quantitative estimate of drug-likeness (QED) is 0.415. The van der Waals surface area contributed by atoms with Gasteiger partial charge in [0.2, 0.25) is 0 Å². The Balaban J connectivity index is 1.40. The van der Waals surface area contributed by atoms with Crippen molar-refractivity contribution in [2.45, 2.75) is 116 Å². The molecule has 2 heteroatoms. The molecule has 164 valence electrons. The van der Waals surface area contributed by atoms with Crippen LogP contribution in [0.2, 0.25) is 0 Å². The van der Waals surface area contributed by atoms with Gasteiger partial charge >= 0.3 is 0 Å². The molecule has 0 aromatic rings. The number of rotatable bonds is 7. The Bertz CT molecular complexity index is 567. The van der Waals surface area contributed by atoms with Crippen molar-refractivity contribution in [1.82, 2.24) is 0 Å². The lowest BCUT2D eigenvalue weighted by Crippen LogP contribution is -2.50. The molecule has 8 unspecified atom stereocenters. The van der Waals surface area contributed by atoms with Crippen LogP contribution in [0.15, 0.2) is 0 Å². The van der Waals surface area contributed by atoms with Crippen molar-refractivity contribution < 1.29 is 4.74 Å². The van der Waals surface area contributed by atoms with Gasteiger partial charge in [-0.2, -0.15) is 5.26 Å². The van der Waals surface area contributed by atoms with Gasteiger partial charge in [0.25, 0.3) is 0 Å². The summed E-state index contributed by atoms with van der Waals surface area (Å²) in [4.78, 5) is 0. The maximum Gasteiger partial charge on any atom is 0.0689 e. The standard InChI is InChI=1S/C27H45NO/c1-3-5-6-15-27(19-28)16-14-21-20(18-27)10-11-24-22-8-7-9-26(29-17-4-2)25(22)13-12-23(21)24/h20-26H,3-18H2,1-2H3. The topological polar surface area (TPSA) is 33.0 Å². The highest BCUT2D eigenvalue weighted by Gasteiger charge is 2.52. The SMILES string of the molecule is CCCCCC1(C#N)CCC2C(CCC3C2CCC2C(OCCC)CCCC23)C1. The van der Waals surface area contributed by atoms with Crippen LogP contribution in [-0.2, 0) is 4.74 Å². The Hall–Kier alpha value is -0.550. The van der Waals surface area contributed by atoms with Crippen LogP contribution in [0.1, 0.15) is 110 Å². The maximum absolute atomic E-state index is 10.1. The van der Waals surface area contributed by atoms with Crippen molar-refractivity contribution in [1.29, 1.82) is 5.26 Å². The van der Waals surface area contributed by atoms with E-state index >= 15 is 0 Å². The van der Waals surface area contributed by atoms with E-state index in [2.05, 4.69) is 19.9 Å². The highest BCUT2D eigenvalue weighted by molar-refractivity contribution is 5.07. The third-order valence-electron chi connectivity index (χ3n) is 9.65. The molecule has 4 aliphatic carbocycles. The number of ether oxygens (including phenoxy) is 1. The van der Waals surface area contributed by atoms with Crippen molar-refractivity contribution in [2.75, 3.05) is 6.61 Å². The van der Waals surface area contributed by atoms with E-state index in [0.29, 0.717) is 6.10 Å². The van der Waals surface area contributed by atoms with Gasteiger partial charge in [0.1, 0.15) is 0 Å². The number of hydrogen-bond donors (Lipinski definition) is 0. The zero-order valence-electron chi connectivity index (χ0n) is 19.2. The first-order valence-corrected chi connectivity index (χ1v) is 13.2. The number of hydrogen-bond acceptors (Lipinski definition) is 2. The Kier molecular flexibility index (Phi) is 7.26. The fourth-order valence-electron chi connectivity index (χ4n) is 8.36. The first-order chi connectivity index (χ1) is 14.2. The molecular formula is C27H45NO. The zero-order valence-corrected chi connectivity index (χ0v) is 19.2. The van der Waals surface area contributed by atoms with E-state index in [0.717, 1.165) is 55.0 Å². The molecule has 0 spiro atoms. The van der Waals surface area contributed by atoms with Gasteiger partial charge in [0, 0.05) is 6.61 Å².